The maximum atomic E-state index is 12.9. The Labute approximate surface area is 183 Å². The summed E-state index contributed by atoms with van der Waals surface area (Å²) in [5.41, 5.74) is 1.75. The van der Waals surface area contributed by atoms with E-state index in [0.717, 1.165) is 10.4 Å². The number of sulfonamides is 1. The number of ketones is 1. The summed E-state index contributed by atoms with van der Waals surface area (Å²) in [6.45, 7) is 0. The van der Waals surface area contributed by atoms with Crippen LogP contribution in [0.2, 0.25) is 5.02 Å². The molecule has 0 aliphatic heterocycles. The molecular weight excluding hydrogens is 438 g/mol. The Hall–Kier alpha value is -2.93. The summed E-state index contributed by atoms with van der Waals surface area (Å²) in [7, 11) is -3.89. The normalized spacial score (nSPS) is 11.2. The molecule has 4 aromatic rings. The van der Waals surface area contributed by atoms with Crippen molar-refractivity contribution in [2.45, 2.75) is 4.90 Å². The van der Waals surface area contributed by atoms with Crippen LogP contribution in [-0.4, -0.2) is 14.2 Å². The summed E-state index contributed by atoms with van der Waals surface area (Å²) < 4.78 is 28.4. The van der Waals surface area contributed by atoms with Crippen LogP contribution in [-0.2, 0) is 10.0 Å². The number of hydrogen-bond acceptors (Lipinski definition) is 4. The number of benzene rings is 3. The highest BCUT2D eigenvalue weighted by atomic mass is 35.5. The van der Waals surface area contributed by atoms with E-state index in [1.807, 2.05) is 17.5 Å². The summed E-state index contributed by atoms with van der Waals surface area (Å²) >= 11 is 7.66. The largest absolute Gasteiger partial charge is 0.289 e. The average Bonchev–Trinajstić information content (AvgIpc) is 3.30. The van der Waals surface area contributed by atoms with Crippen LogP contribution < -0.4 is 4.72 Å². The lowest BCUT2D eigenvalue weighted by Gasteiger charge is -2.13. The van der Waals surface area contributed by atoms with Gasteiger partial charge in [-0.1, -0.05) is 60.1 Å². The molecule has 1 heterocycles. The summed E-state index contributed by atoms with van der Waals surface area (Å²) in [5, 5.41) is 2.31. The molecule has 4 nitrogen and oxygen atoms in total. The molecule has 7 heteroatoms. The maximum absolute atomic E-state index is 12.9. The first-order valence-corrected chi connectivity index (χ1v) is 11.7. The molecule has 0 bridgehead atoms. The first-order chi connectivity index (χ1) is 14.4. The van der Waals surface area contributed by atoms with Gasteiger partial charge in [0.2, 0.25) is 0 Å². The first kappa shape index (κ1) is 20.3. The Morgan fingerprint density at radius 3 is 2.27 bits per heavy atom. The SMILES string of the molecule is O=C(c1ccccc1)c1cc(Cl)ccc1NS(=O)(=O)c1ccc(-c2cccs2)cc1. The Bertz CT molecular complexity index is 1280. The van der Waals surface area contributed by atoms with E-state index in [4.69, 9.17) is 11.6 Å². The van der Waals surface area contributed by atoms with Crippen molar-refractivity contribution in [3.63, 3.8) is 0 Å². The first-order valence-electron chi connectivity index (χ1n) is 9.00. The van der Waals surface area contributed by atoms with Gasteiger partial charge in [-0.3, -0.25) is 9.52 Å². The van der Waals surface area contributed by atoms with E-state index < -0.39 is 10.0 Å². The molecule has 0 saturated heterocycles. The zero-order chi connectivity index (χ0) is 21.1. The standard InChI is InChI=1S/C23H16ClNO3S2/c24-18-10-13-21(20(15-18)23(26)17-5-2-1-3-6-17)25-30(27,28)19-11-8-16(9-12-19)22-7-4-14-29-22/h1-15,25H. The van der Waals surface area contributed by atoms with Gasteiger partial charge in [0, 0.05) is 21.0 Å². The summed E-state index contributed by atoms with van der Waals surface area (Å²) in [4.78, 5) is 14.1. The van der Waals surface area contributed by atoms with E-state index in [-0.39, 0.29) is 21.9 Å². The van der Waals surface area contributed by atoms with Crippen molar-refractivity contribution in [2.24, 2.45) is 0 Å². The van der Waals surface area contributed by atoms with Crippen molar-refractivity contribution < 1.29 is 13.2 Å². The minimum Gasteiger partial charge on any atom is -0.289 e. The number of halogens is 1. The number of anilines is 1. The second-order valence-corrected chi connectivity index (χ2v) is 9.56. The van der Waals surface area contributed by atoms with Gasteiger partial charge in [0.1, 0.15) is 0 Å². The number of thiophene rings is 1. The van der Waals surface area contributed by atoms with E-state index in [1.165, 1.54) is 12.1 Å². The van der Waals surface area contributed by atoms with E-state index in [9.17, 15) is 13.2 Å². The predicted molar refractivity (Wildman–Crippen MR) is 122 cm³/mol. The van der Waals surface area contributed by atoms with Crippen molar-refractivity contribution in [3.05, 3.63) is 106 Å². The summed E-state index contributed by atoms with van der Waals surface area (Å²) in [6, 6.07) is 23.7. The molecule has 0 amide bonds. The van der Waals surface area contributed by atoms with Crippen molar-refractivity contribution in [2.75, 3.05) is 4.72 Å². The van der Waals surface area contributed by atoms with Gasteiger partial charge in [0.15, 0.2) is 5.78 Å². The Kier molecular flexibility index (Phi) is 5.72. The lowest BCUT2D eigenvalue weighted by Crippen LogP contribution is -2.16. The molecule has 0 saturated carbocycles. The monoisotopic (exact) mass is 453 g/mol. The summed E-state index contributed by atoms with van der Waals surface area (Å²) in [5.74, 6) is -0.316. The van der Waals surface area contributed by atoms with E-state index in [1.54, 1.807) is 72.0 Å². The fourth-order valence-corrected chi connectivity index (χ4v) is 4.97. The van der Waals surface area contributed by atoms with Crippen LogP contribution in [0.15, 0.2) is 95.2 Å². The van der Waals surface area contributed by atoms with Crippen LogP contribution in [0.4, 0.5) is 5.69 Å². The van der Waals surface area contributed by atoms with Gasteiger partial charge in [0.25, 0.3) is 10.0 Å². The van der Waals surface area contributed by atoms with E-state index in [2.05, 4.69) is 4.72 Å². The molecule has 0 spiro atoms. The Morgan fingerprint density at radius 2 is 1.60 bits per heavy atom. The van der Waals surface area contributed by atoms with Crippen molar-refractivity contribution in [1.82, 2.24) is 0 Å². The second-order valence-electron chi connectivity index (χ2n) is 6.49. The molecule has 30 heavy (non-hydrogen) atoms. The Balaban J connectivity index is 1.66. The van der Waals surface area contributed by atoms with Gasteiger partial charge in [-0.25, -0.2) is 8.42 Å². The average molecular weight is 454 g/mol. The van der Waals surface area contributed by atoms with Crippen LogP contribution in [0.25, 0.3) is 10.4 Å². The predicted octanol–water partition coefficient (Wildman–Crippen LogP) is 6.10. The minimum absolute atomic E-state index is 0.107. The number of nitrogens with one attached hydrogen (secondary N) is 1. The molecular formula is C23H16ClNO3S2. The number of rotatable bonds is 6. The van der Waals surface area contributed by atoms with Crippen LogP contribution >= 0.6 is 22.9 Å². The third-order valence-corrected chi connectivity index (χ3v) is 7.01. The highest BCUT2D eigenvalue weighted by molar-refractivity contribution is 7.92. The molecule has 0 fully saturated rings. The van der Waals surface area contributed by atoms with Gasteiger partial charge in [-0.05, 0) is 47.3 Å². The lowest BCUT2D eigenvalue weighted by atomic mass is 10.0. The van der Waals surface area contributed by atoms with Crippen molar-refractivity contribution in [1.29, 1.82) is 0 Å². The number of carbonyl (C=O) groups is 1. The number of hydrogen-bond donors (Lipinski definition) is 1. The van der Waals surface area contributed by atoms with E-state index in [0.29, 0.717) is 10.6 Å². The van der Waals surface area contributed by atoms with Gasteiger partial charge >= 0.3 is 0 Å². The molecule has 0 aliphatic carbocycles. The fraction of sp³-hybridized carbons (Fsp3) is 0. The summed E-state index contributed by atoms with van der Waals surface area (Å²) in [6.07, 6.45) is 0. The molecule has 0 unspecified atom stereocenters. The third-order valence-electron chi connectivity index (χ3n) is 4.48. The van der Waals surface area contributed by atoms with Crippen LogP contribution in [0.5, 0.6) is 0 Å². The second kappa shape index (κ2) is 8.44. The molecule has 3 aromatic carbocycles. The number of carbonyl (C=O) groups excluding carboxylic acids is 1. The van der Waals surface area contributed by atoms with Crippen LogP contribution in [0.3, 0.4) is 0 Å². The van der Waals surface area contributed by atoms with Gasteiger partial charge in [-0.15, -0.1) is 11.3 Å². The minimum atomic E-state index is -3.89. The third kappa shape index (κ3) is 4.31. The topological polar surface area (TPSA) is 63.2 Å². The molecule has 0 atom stereocenters. The van der Waals surface area contributed by atoms with Gasteiger partial charge < -0.3 is 0 Å². The van der Waals surface area contributed by atoms with Crippen LogP contribution in [0.1, 0.15) is 15.9 Å². The zero-order valence-electron chi connectivity index (χ0n) is 15.6. The molecule has 150 valence electrons. The highest BCUT2D eigenvalue weighted by Gasteiger charge is 2.20. The quantitative estimate of drug-likeness (QED) is 0.359. The van der Waals surface area contributed by atoms with Crippen LogP contribution in [0, 0.1) is 0 Å². The van der Waals surface area contributed by atoms with Gasteiger partial charge in [0.05, 0.1) is 10.6 Å². The zero-order valence-corrected chi connectivity index (χ0v) is 18.0. The van der Waals surface area contributed by atoms with Gasteiger partial charge in [-0.2, -0.15) is 0 Å². The Morgan fingerprint density at radius 1 is 0.867 bits per heavy atom. The molecule has 1 aromatic heterocycles. The smallest absolute Gasteiger partial charge is 0.261 e. The maximum Gasteiger partial charge on any atom is 0.261 e. The molecule has 0 aliphatic rings. The molecule has 4 rings (SSSR count). The molecule has 1 N–H and O–H groups in total. The molecule has 0 radical (unpaired) electrons. The fourth-order valence-electron chi connectivity index (χ4n) is 2.98. The van der Waals surface area contributed by atoms with Crippen molar-refractivity contribution >= 4 is 44.4 Å². The van der Waals surface area contributed by atoms with E-state index >= 15 is 0 Å². The highest BCUT2D eigenvalue weighted by Crippen LogP contribution is 2.28. The lowest BCUT2D eigenvalue weighted by molar-refractivity contribution is 0.103. The van der Waals surface area contributed by atoms with Crippen molar-refractivity contribution in [3.8, 4) is 10.4 Å².